The average Bonchev–Trinajstić information content (AvgIpc) is 3.14. The standard InChI is InChI=1S/C21H21F6N5O2/c1-4-34-18(33)29-14-8-9-16(17(11-14)20(25,26)27)21(30-28-12-31(21)2)32(3)15-7-5-6-13(10-15)19(22,23)24/h5-12,30H,4H2,1-3H3,(H,29,33). The number of amides is 1. The van der Waals surface area contributed by atoms with Gasteiger partial charge in [0, 0.05) is 31.0 Å². The fourth-order valence-electron chi connectivity index (χ4n) is 3.63. The number of alkyl halides is 6. The number of nitrogens with zero attached hydrogens (tertiary/aromatic N) is 3. The highest BCUT2D eigenvalue weighted by Gasteiger charge is 2.49. The number of rotatable bonds is 5. The van der Waals surface area contributed by atoms with Gasteiger partial charge in [0.2, 0.25) is 5.79 Å². The van der Waals surface area contributed by atoms with E-state index in [4.69, 9.17) is 4.74 Å². The van der Waals surface area contributed by atoms with Crippen LogP contribution < -0.4 is 15.6 Å². The van der Waals surface area contributed by atoms with Gasteiger partial charge in [0.05, 0.1) is 17.7 Å². The number of hydrogen-bond acceptors (Lipinski definition) is 6. The van der Waals surface area contributed by atoms with E-state index in [9.17, 15) is 31.1 Å². The minimum Gasteiger partial charge on any atom is -0.450 e. The Morgan fingerprint density at radius 2 is 1.85 bits per heavy atom. The van der Waals surface area contributed by atoms with Gasteiger partial charge in [-0.05, 0) is 37.3 Å². The Bertz CT molecular complexity index is 1090. The lowest BCUT2D eigenvalue weighted by molar-refractivity contribution is -0.139. The number of carbonyl (C=O) groups is 1. The molecule has 2 aromatic rings. The zero-order valence-corrected chi connectivity index (χ0v) is 18.3. The molecule has 3 rings (SSSR count). The molecule has 0 fully saturated rings. The molecule has 7 nitrogen and oxygen atoms in total. The van der Waals surface area contributed by atoms with E-state index in [1.54, 1.807) is 6.92 Å². The molecule has 1 amide bonds. The first-order valence-electron chi connectivity index (χ1n) is 9.90. The fraction of sp³-hybridized carbons (Fsp3) is 0.333. The lowest BCUT2D eigenvalue weighted by atomic mass is 9.97. The van der Waals surface area contributed by atoms with Crippen molar-refractivity contribution >= 4 is 23.8 Å². The smallest absolute Gasteiger partial charge is 0.416 e. The largest absolute Gasteiger partial charge is 0.450 e. The van der Waals surface area contributed by atoms with E-state index in [2.05, 4.69) is 15.8 Å². The summed E-state index contributed by atoms with van der Waals surface area (Å²) in [5.74, 6) is -1.84. The molecule has 2 aromatic carbocycles. The molecule has 1 aliphatic heterocycles. The molecule has 1 aliphatic rings. The van der Waals surface area contributed by atoms with Crippen LogP contribution in [0.3, 0.4) is 0 Å². The molecule has 1 unspecified atom stereocenters. The van der Waals surface area contributed by atoms with E-state index in [1.807, 2.05) is 0 Å². The molecule has 0 aliphatic carbocycles. The van der Waals surface area contributed by atoms with Crippen LogP contribution in [0.4, 0.5) is 42.5 Å². The van der Waals surface area contributed by atoms with Crippen molar-refractivity contribution in [3.05, 3.63) is 59.2 Å². The second-order valence-electron chi connectivity index (χ2n) is 7.35. The second kappa shape index (κ2) is 8.95. The molecule has 0 aromatic heterocycles. The third-order valence-electron chi connectivity index (χ3n) is 5.23. The maximum Gasteiger partial charge on any atom is 0.416 e. The van der Waals surface area contributed by atoms with Crippen LogP contribution in [-0.2, 0) is 22.9 Å². The summed E-state index contributed by atoms with van der Waals surface area (Å²) in [5.41, 5.74) is -0.0179. The Morgan fingerprint density at radius 1 is 1.15 bits per heavy atom. The van der Waals surface area contributed by atoms with E-state index in [-0.39, 0.29) is 23.5 Å². The molecule has 1 heterocycles. The second-order valence-corrected chi connectivity index (χ2v) is 7.35. The van der Waals surface area contributed by atoms with E-state index >= 15 is 0 Å². The normalized spacial score (nSPS) is 18.0. The van der Waals surface area contributed by atoms with Gasteiger partial charge in [-0.25, -0.2) is 4.79 Å². The van der Waals surface area contributed by atoms with Crippen molar-refractivity contribution in [2.75, 3.05) is 30.9 Å². The Kier molecular flexibility index (Phi) is 6.58. The fourth-order valence-corrected chi connectivity index (χ4v) is 3.63. The Morgan fingerprint density at radius 3 is 2.41 bits per heavy atom. The molecule has 2 N–H and O–H groups in total. The number of halogens is 6. The molecule has 0 saturated carbocycles. The zero-order chi connectivity index (χ0) is 25.3. The first-order valence-corrected chi connectivity index (χ1v) is 9.90. The van der Waals surface area contributed by atoms with Gasteiger partial charge >= 0.3 is 18.4 Å². The van der Waals surface area contributed by atoms with Gasteiger partial charge in [0.1, 0.15) is 6.34 Å². The van der Waals surface area contributed by atoms with Crippen LogP contribution >= 0.6 is 0 Å². The summed E-state index contributed by atoms with van der Waals surface area (Å²) in [6.45, 7) is 1.56. The molecular formula is C21H21F6N5O2. The van der Waals surface area contributed by atoms with E-state index in [0.717, 1.165) is 30.3 Å². The van der Waals surface area contributed by atoms with Crippen molar-refractivity contribution in [1.82, 2.24) is 10.3 Å². The van der Waals surface area contributed by atoms with Crippen LogP contribution in [0, 0.1) is 0 Å². The molecule has 0 spiro atoms. The van der Waals surface area contributed by atoms with E-state index < -0.39 is 35.4 Å². The predicted octanol–water partition coefficient (Wildman–Crippen LogP) is 5.02. The van der Waals surface area contributed by atoms with Gasteiger partial charge < -0.3 is 14.5 Å². The monoisotopic (exact) mass is 489 g/mol. The SMILES string of the molecule is CCOC(=O)Nc1ccc(C2(N(C)c3cccc(C(F)(F)F)c3)NN=CN2C)c(C(F)(F)F)c1. The average molecular weight is 489 g/mol. The maximum absolute atomic E-state index is 14.2. The van der Waals surface area contributed by atoms with Gasteiger partial charge in [-0.3, -0.25) is 10.7 Å². The molecule has 184 valence electrons. The van der Waals surface area contributed by atoms with Crippen LogP contribution in [0.1, 0.15) is 23.6 Å². The predicted molar refractivity (Wildman–Crippen MR) is 113 cm³/mol. The minimum atomic E-state index is -4.88. The molecule has 1 atom stereocenters. The van der Waals surface area contributed by atoms with Gasteiger partial charge in [-0.15, -0.1) is 0 Å². The number of hydrazone groups is 1. The number of carbonyl (C=O) groups excluding carboxylic acids is 1. The topological polar surface area (TPSA) is 69.2 Å². The van der Waals surface area contributed by atoms with Crippen LogP contribution in [0.5, 0.6) is 0 Å². The first kappa shape index (κ1) is 25.0. The summed E-state index contributed by atoms with van der Waals surface area (Å²) in [7, 11) is 2.77. The summed E-state index contributed by atoms with van der Waals surface area (Å²) in [4.78, 5) is 14.2. The van der Waals surface area contributed by atoms with Gasteiger partial charge in [-0.1, -0.05) is 12.1 Å². The number of ether oxygens (including phenoxy) is 1. The lowest BCUT2D eigenvalue weighted by Gasteiger charge is -2.45. The van der Waals surface area contributed by atoms with Crippen LogP contribution in [0.2, 0.25) is 0 Å². The van der Waals surface area contributed by atoms with Crippen LogP contribution in [-0.4, -0.2) is 38.0 Å². The van der Waals surface area contributed by atoms with Crippen molar-refractivity contribution < 1.29 is 35.9 Å². The van der Waals surface area contributed by atoms with Crippen molar-refractivity contribution in [3.8, 4) is 0 Å². The highest BCUT2D eigenvalue weighted by Crippen LogP contribution is 2.43. The number of anilines is 2. The zero-order valence-electron chi connectivity index (χ0n) is 18.3. The maximum atomic E-state index is 14.2. The van der Waals surface area contributed by atoms with Crippen molar-refractivity contribution in [1.29, 1.82) is 0 Å². The molecular weight excluding hydrogens is 468 g/mol. The van der Waals surface area contributed by atoms with Gasteiger partial charge in [-0.2, -0.15) is 31.4 Å². The Hall–Kier alpha value is -3.64. The first-order chi connectivity index (χ1) is 15.8. The van der Waals surface area contributed by atoms with Crippen molar-refractivity contribution in [3.63, 3.8) is 0 Å². The number of nitrogens with one attached hydrogen (secondary N) is 2. The minimum absolute atomic E-state index is 0.0125. The Balaban J connectivity index is 2.15. The Labute approximate surface area is 191 Å². The lowest BCUT2D eigenvalue weighted by Crippen LogP contribution is -2.60. The van der Waals surface area contributed by atoms with E-state index in [1.165, 1.54) is 42.4 Å². The molecule has 34 heavy (non-hydrogen) atoms. The van der Waals surface area contributed by atoms with Crippen LogP contribution in [0.25, 0.3) is 0 Å². The summed E-state index contributed by atoms with van der Waals surface area (Å²) >= 11 is 0. The number of hydrogen-bond donors (Lipinski definition) is 2. The van der Waals surface area contributed by atoms with Crippen molar-refractivity contribution in [2.45, 2.75) is 25.1 Å². The van der Waals surface area contributed by atoms with Crippen molar-refractivity contribution in [2.24, 2.45) is 5.10 Å². The summed E-state index contributed by atoms with van der Waals surface area (Å²) in [6.07, 6.45) is -9.24. The summed E-state index contributed by atoms with van der Waals surface area (Å²) < 4.78 is 87.0. The molecule has 0 radical (unpaired) electrons. The third-order valence-corrected chi connectivity index (χ3v) is 5.23. The van der Waals surface area contributed by atoms with Gasteiger partial charge in [0.25, 0.3) is 0 Å². The molecule has 13 heteroatoms. The molecule has 0 bridgehead atoms. The molecule has 0 saturated heterocycles. The quantitative estimate of drug-likeness (QED) is 0.578. The van der Waals surface area contributed by atoms with Crippen LogP contribution in [0.15, 0.2) is 47.6 Å². The van der Waals surface area contributed by atoms with E-state index in [0.29, 0.717) is 0 Å². The highest BCUT2D eigenvalue weighted by atomic mass is 19.4. The third kappa shape index (κ3) is 4.68. The highest BCUT2D eigenvalue weighted by molar-refractivity contribution is 5.85. The summed E-state index contributed by atoms with van der Waals surface area (Å²) in [6, 6.07) is 7.28. The van der Waals surface area contributed by atoms with Gasteiger partial charge in [0.15, 0.2) is 0 Å². The summed E-state index contributed by atoms with van der Waals surface area (Å²) in [5, 5.41) is 6.08. The number of benzene rings is 2.